The van der Waals surface area contributed by atoms with E-state index < -0.39 is 5.97 Å². The molecule has 0 saturated carbocycles. The second-order valence-electron chi connectivity index (χ2n) is 5.95. The molecule has 0 unspecified atom stereocenters. The number of hydrogen-bond donors (Lipinski definition) is 1. The summed E-state index contributed by atoms with van der Waals surface area (Å²) < 4.78 is 5.72. The normalized spacial score (nSPS) is 11.4. The number of aryl methyl sites for hydroxylation is 1. The van der Waals surface area contributed by atoms with Crippen LogP contribution in [0.15, 0.2) is 23.6 Å². The molecule has 21 heavy (non-hydrogen) atoms. The van der Waals surface area contributed by atoms with Crippen LogP contribution < -0.4 is 4.74 Å². The van der Waals surface area contributed by atoms with Gasteiger partial charge in [0.1, 0.15) is 17.4 Å². The fraction of sp³-hybridized carbons (Fsp3) is 0.375. The van der Waals surface area contributed by atoms with E-state index in [0.29, 0.717) is 12.4 Å². The number of hydrogen-bond acceptors (Lipinski definition) is 4. The predicted octanol–water partition coefficient (Wildman–Crippen LogP) is 4.03. The van der Waals surface area contributed by atoms with Gasteiger partial charge in [0.2, 0.25) is 0 Å². The van der Waals surface area contributed by atoms with Gasteiger partial charge in [-0.1, -0.05) is 26.8 Å². The Morgan fingerprint density at radius 3 is 2.67 bits per heavy atom. The Morgan fingerprint density at radius 2 is 2.10 bits per heavy atom. The van der Waals surface area contributed by atoms with Crippen LogP contribution >= 0.6 is 11.3 Å². The topological polar surface area (TPSA) is 59.4 Å². The van der Waals surface area contributed by atoms with Crippen LogP contribution in [0.4, 0.5) is 0 Å². The van der Waals surface area contributed by atoms with Crippen molar-refractivity contribution in [3.63, 3.8) is 0 Å². The van der Waals surface area contributed by atoms with Gasteiger partial charge in [0, 0.05) is 10.8 Å². The van der Waals surface area contributed by atoms with Crippen molar-refractivity contribution < 1.29 is 14.6 Å². The van der Waals surface area contributed by atoms with Crippen molar-refractivity contribution in [2.45, 2.75) is 39.7 Å². The molecule has 0 aliphatic heterocycles. The Hall–Kier alpha value is -1.88. The maximum absolute atomic E-state index is 11.0. The quantitative estimate of drug-likeness (QED) is 0.926. The molecule has 0 fully saturated rings. The second-order valence-corrected chi connectivity index (χ2v) is 6.89. The van der Waals surface area contributed by atoms with Crippen LogP contribution in [0.3, 0.4) is 0 Å². The summed E-state index contributed by atoms with van der Waals surface area (Å²) in [5.41, 5.74) is 2.20. The van der Waals surface area contributed by atoms with Crippen LogP contribution in [0.25, 0.3) is 0 Å². The summed E-state index contributed by atoms with van der Waals surface area (Å²) in [5.74, 6) is -0.369. The number of thiazole rings is 1. The fourth-order valence-corrected chi connectivity index (χ4v) is 2.68. The predicted molar refractivity (Wildman–Crippen MR) is 83.3 cm³/mol. The molecule has 5 heteroatoms. The van der Waals surface area contributed by atoms with Gasteiger partial charge < -0.3 is 9.84 Å². The van der Waals surface area contributed by atoms with Crippen molar-refractivity contribution in [2.24, 2.45) is 0 Å². The Kier molecular flexibility index (Phi) is 4.32. The van der Waals surface area contributed by atoms with E-state index >= 15 is 0 Å². The minimum absolute atomic E-state index is 0.0217. The molecule has 1 N–H and O–H groups in total. The lowest BCUT2D eigenvalue weighted by atomic mass is 9.93. The molecule has 0 radical (unpaired) electrons. The molecular weight excluding hydrogens is 286 g/mol. The lowest BCUT2D eigenvalue weighted by Crippen LogP contribution is -2.11. The number of nitrogens with zero attached hydrogens (tertiary/aromatic N) is 1. The van der Waals surface area contributed by atoms with Crippen LogP contribution in [0.1, 0.15) is 47.4 Å². The van der Waals surface area contributed by atoms with Crippen molar-refractivity contribution >= 4 is 17.3 Å². The Bertz CT molecular complexity index is 656. The van der Waals surface area contributed by atoms with Gasteiger partial charge in [-0.15, -0.1) is 11.3 Å². The maximum atomic E-state index is 11.0. The van der Waals surface area contributed by atoms with Crippen LogP contribution in [0.5, 0.6) is 5.75 Å². The van der Waals surface area contributed by atoms with Gasteiger partial charge in [-0.3, -0.25) is 0 Å². The summed E-state index contributed by atoms with van der Waals surface area (Å²) in [6, 6.07) is 4.88. The van der Waals surface area contributed by atoms with E-state index in [4.69, 9.17) is 9.84 Å². The SMILES string of the molecule is Cc1ccc(C(=O)O)cc1OCc1nc(C(C)(C)C)cs1. The molecule has 1 aromatic heterocycles. The summed E-state index contributed by atoms with van der Waals surface area (Å²) in [7, 11) is 0. The minimum atomic E-state index is -0.955. The number of aromatic carboxylic acids is 1. The Balaban J connectivity index is 2.11. The van der Waals surface area contributed by atoms with Gasteiger partial charge in [-0.2, -0.15) is 0 Å². The van der Waals surface area contributed by atoms with Crippen LogP contribution in [-0.2, 0) is 12.0 Å². The molecule has 1 aromatic carbocycles. The number of aromatic nitrogens is 1. The molecule has 0 atom stereocenters. The van der Waals surface area contributed by atoms with Gasteiger partial charge in [-0.25, -0.2) is 9.78 Å². The lowest BCUT2D eigenvalue weighted by Gasteiger charge is -2.14. The van der Waals surface area contributed by atoms with E-state index in [1.165, 1.54) is 0 Å². The molecule has 4 nitrogen and oxygen atoms in total. The first-order chi connectivity index (χ1) is 9.77. The van der Waals surface area contributed by atoms with Crippen LogP contribution in [0.2, 0.25) is 0 Å². The van der Waals surface area contributed by atoms with Crippen LogP contribution in [-0.4, -0.2) is 16.1 Å². The first-order valence-corrected chi connectivity index (χ1v) is 7.57. The number of carboxylic acid groups (broad SMARTS) is 1. The van der Waals surface area contributed by atoms with E-state index in [1.54, 1.807) is 29.5 Å². The Labute approximate surface area is 128 Å². The third-order valence-corrected chi connectivity index (χ3v) is 3.93. The number of carboxylic acids is 1. The Morgan fingerprint density at radius 1 is 1.38 bits per heavy atom. The molecule has 112 valence electrons. The summed E-state index contributed by atoms with van der Waals surface area (Å²) in [5, 5.41) is 11.9. The highest BCUT2D eigenvalue weighted by atomic mass is 32.1. The number of carbonyl (C=O) groups is 1. The van der Waals surface area contributed by atoms with Gasteiger partial charge in [0.05, 0.1) is 11.3 Å². The molecule has 0 spiro atoms. The second kappa shape index (κ2) is 5.85. The first kappa shape index (κ1) is 15.5. The highest BCUT2D eigenvalue weighted by molar-refractivity contribution is 7.09. The maximum Gasteiger partial charge on any atom is 0.335 e. The molecule has 0 saturated heterocycles. The van der Waals surface area contributed by atoms with E-state index in [9.17, 15) is 4.79 Å². The highest BCUT2D eigenvalue weighted by Gasteiger charge is 2.17. The largest absolute Gasteiger partial charge is 0.486 e. The average Bonchev–Trinajstić information content (AvgIpc) is 2.86. The third kappa shape index (κ3) is 3.82. The van der Waals surface area contributed by atoms with Crippen molar-refractivity contribution in [3.8, 4) is 5.75 Å². The van der Waals surface area contributed by atoms with Crippen molar-refractivity contribution in [2.75, 3.05) is 0 Å². The number of benzene rings is 1. The molecule has 0 aliphatic carbocycles. The minimum Gasteiger partial charge on any atom is -0.486 e. The van der Waals surface area contributed by atoms with E-state index in [1.807, 2.05) is 12.3 Å². The zero-order valence-electron chi connectivity index (χ0n) is 12.6. The van der Waals surface area contributed by atoms with Gasteiger partial charge >= 0.3 is 5.97 Å². The highest BCUT2D eigenvalue weighted by Crippen LogP contribution is 2.25. The number of rotatable bonds is 4. The molecule has 1 heterocycles. The van der Waals surface area contributed by atoms with E-state index in [2.05, 4.69) is 25.8 Å². The molecule has 2 aromatic rings. The van der Waals surface area contributed by atoms with Crippen molar-refractivity contribution in [3.05, 3.63) is 45.4 Å². The van der Waals surface area contributed by atoms with Crippen molar-refractivity contribution in [1.29, 1.82) is 0 Å². The first-order valence-electron chi connectivity index (χ1n) is 6.69. The van der Waals surface area contributed by atoms with Gasteiger partial charge in [0.25, 0.3) is 0 Å². The molecule has 0 aliphatic rings. The van der Waals surface area contributed by atoms with Gasteiger partial charge in [-0.05, 0) is 24.6 Å². The average molecular weight is 305 g/mol. The van der Waals surface area contributed by atoms with Gasteiger partial charge in [0.15, 0.2) is 0 Å². The summed E-state index contributed by atoms with van der Waals surface area (Å²) >= 11 is 1.56. The standard InChI is InChI=1S/C16H19NO3S/c1-10-5-6-11(15(18)19)7-12(10)20-8-14-17-13(9-21-14)16(2,3)4/h5-7,9H,8H2,1-4H3,(H,18,19). The number of ether oxygens (including phenoxy) is 1. The summed E-state index contributed by atoms with van der Waals surface area (Å²) in [4.78, 5) is 15.5. The molecule has 0 amide bonds. The summed E-state index contributed by atoms with van der Waals surface area (Å²) in [6.07, 6.45) is 0. The summed E-state index contributed by atoms with van der Waals surface area (Å²) in [6.45, 7) is 8.60. The molecule has 0 bridgehead atoms. The third-order valence-electron chi connectivity index (χ3n) is 3.11. The molecular formula is C16H19NO3S. The zero-order valence-corrected chi connectivity index (χ0v) is 13.5. The van der Waals surface area contributed by atoms with E-state index in [-0.39, 0.29) is 11.0 Å². The van der Waals surface area contributed by atoms with Crippen molar-refractivity contribution in [1.82, 2.24) is 4.98 Å². The monoisotopic (exact) mass is 305 g/mol. The van der Waals surface area contributed by atoms with E-state index in [0.717, 1.165) is 16.3 Å². The lowest BCUT2D eigenvalue weighted by molar-refractivity contribution is 0.0696. The fourth-order valence-electron chi connectivity index (χ4n) is 1.75. The van der Waals surface area contributed by atoms with Crippen LogP contribution in [0, 0.1) is 6.92 Å². The molecule has 2 rings (SSSR count). The zero-order chi connectivity index (χ0) is 15.6. The smallest absolute Gasteiger partial charge is 0.335 e.